The van der Waals surface area contributed by atoms with Gasteiger partial charge in [0, 0.05) is 12.1 Å². The molecular formula is C10H12N4O5. The van der Waals surface area contributed by atoms with E-state index in [1.54, 1.807) is 0 Å². The third-order valence-electron chi connectivity index (χ3n) is 2.10. The lowest BCUT2D eigenvalue weighted by molar-refractivity contribution is -0.384. The van der Waals surface area contributed by atoms with Gasteiger partial charge in [-0.1, -0.05) is 0 Å². The van der Waals surface area contributed by atoms with Gasteiger partial charge >= 0.3 is 0 Å². The van der Waals surface area contributed by atoms with Gasteiger partial charge < -0.3 is 21.5 Å². The largest absolute Gasteiger partial charge is 0.506 e. The minimum Gasteiger partial charge on any atom is -0.506 e. The maximum atomic E-state index is 11.4. The standard InChI is InChI=1S/C10H12N4O5/c11-4-9(16)12-5-10(17)13-7-3-6(14(18)19)1-2-8(7)15/h1-3,15H,4-5,11H2,(H,12,16)(H,13,17). The van der Waals surface area contributed by atoms with Crippen LogP contribution < -0.4 is 16.4 Å². The van der Waals surface area contributed by atoms with Crippen LogP contribution in [0.4, 0.5) is 11.4 Å². The van der Waals surface area contributed by atoms with Crippen molar-refractivity contribution >= 4 is 23.2 Å². The highest BCUT2D eigenvalue weighted by Gasteiger charge is 2.12. The summed E-state index contributed by atoms with van der Waals surface area (Å²) in [6, 6.07) is 3.20. The number of phenolic OH excluding ortho intramolecular Hbond substituents is 1. The van der Waals surface area contributed by atoms with Crippen LogP contribution in [0.1, 0.15) is 0 Å². The van der Waals surface area contributed by atoms with Gasteiger partial charge in [-0.25, -0.2) is 0 Å². The Morgan fingerprint density at radius 2 is 2.05 bits per heavy atom. The Hall–Kier alpha value is -2.68. The van der Waals surface area contributed by atoms with Gasteiger partial charge in [0.05, 0.1) is 23.7 Å². The van der Waals surface area contributed by atoms with Gasteiger partial charge in [0.2, 0.25) is 11.8 Å². The number of hydrogen-bond acceptors (Lipinski definition) is 6. The highest BCUT2D eigenvalue weighted by atomic mass is 16.6. The molecular weight excluding hydrogens is 256 g/mol. The lowest BCUT2D eigenvalue weighted by Crippen LogP contribution is -2.36. The third kappa shape index (κ3) is 4.24. The number of aromatic hydroxyl groups is 1. The van der Waals surface area contributed by atoms with Gasteiger partial charge in [0.15, 0.2) is 0 Å². The average Bonchev–Trinajstić information content (AvgIpc) is 2.38. The summed E-state index contributed by atoms with van der Waals surface area (Å²) in [5.74, 6) is -1.47. The van der Waals surface area contributed by atoms with Crippen molar-refractivity contribution in [3.63, 3.8) is 0 Å². The zero-order chi connectivity index (χ0) is 14.4. The zero-order valence-electron chi connectivity index (χ0n) is 9.75. The second kappa shape index (κ2) is 6.31. The number of carbonyl (C=O) groups is 2. The molecule has 9 nitrogen and oxygen atoms in total. The van der Waals surface area contributed by atoms with Gasteiger partial charge in [-0.3, -0.25) is 19.7 Å². The van der Waals surface area contributed by atoms with Crippen molar-refractivity contribution in [2.24, 2.45) is 5.73 Å². The van der Waals surface area contributed by atoms with E-state index in [1.807, 2.05) is 0 Å². The molecule has 102 valence electrons. The third-order valence-corrected chi connectivity index (χ3v) is 2.10. The number of nitrogens with two attached hydrogens (primary N) is 1. The predicted octanol–water partition coefficient (Wildman–Crippen LogP) is -0.686. The van der Waals surface area contributed by atoms with Gasteiger partial charge in [-0.05, 0) is 6.07 Å². The fourth-order valence-corrected chi connectivity index (χ4v) is 1.18. The Bertz CT molecular complexity index is 517. The number of phenols is 1. The van der Waals surface area contributed by atoms with E-state index in [-0.39, 0.29) is 30.2 Å². The fraction of sp³-hybridized carbons (Fsp3) is 0.200. The molecule has 0 saturated carbocycles. The van der Waals surface area contributed by atoms with Crippen LogP contribution in [-0.2, 0) is 9.59 Å². The van der Waals surface area contributed by atoms with Gasteiger partial charge in [0.1, 0.15) is 5.75 Å². The molecule has 0 aliphatic carbocycles. The quantitative estimate of drug-likeness (QED) is 0.316. The number of amides is 2. The molecule has 5 N–H and O–H groups in total. The van der Waals surface area contributed by atoms with E-state index in [0.717, 1.165) is 18.2 Å². The molecule has 0 unspecified atom stereocenters. The van der Waals surface area contributed by atoms with Crippen LogP contribution >= 0.6 is 0 Å². The summed E-state index contributed by atoms with van der Waals surface area (Å²) in [5, 5.41) is 24.4. The summed E-state index contributed by atoms with van der Waals surface area (Å²) in [4.78, 5) is 32.1. The molecule has 0 aliphatic rings. The molecule has 0 spiro atoms. The molecule has 0 bridgehead atoms. The second-order valence-corrected chi connectivity index (χ2v) is 3.49. The number of anilines is 1. The number of benzene rings is 1. The van der Waals surface area contributed by atoms with Crippen LogP contribution in [0, 0.1) is 10.1 Å². The predicted molar refractivity (Wildman–Crippen MR) is 65.5 cm³/mol. The van der Waals surface area contributed by atoms with E-state index in [2.05, 4.69) is 10.6 Å². The maximum Gasteiger partial charge on any atom is 0.271 e. The molecule has 0 fully saturated rings. The molecule has 0 aliphatic heterocycles. The Morgan fingerprint density at radius 3 is 2.63 bits per heavy atom. The second-order valence-electron chi connectivity index (χ2n) is 3.49. The van der Waals surface area contributed by atoms with Crippen molar-refractivity contribution in [2.75, 3.05) is 18.4 Å². The zero-order valence-corrected chi connectivity index (χ0v) is 9.75. The molecule has 1 aromatic carbocycles. The molecule has 0 heterocycles. The number of hydrogen-bond donors (Lipinski definition) is 4. The van der Waals surface area contributed by atoms with Crippen LogP contribution in [-0.4, -0.2) is 34.9 Å². The SMILES string of the molecule is NCC(=O)NCC(=O)Nc1cc([N+](=O)[O-])ccc1O. The van der Waals surface area contributed by atoms with Gasteiger partial charge in [0.25, 0.3) is 5.69 Å². The summed E-state index contributed by atoms with van der Waals surface area (Å²) in [6.07, 6.45) is 0. The number of carbonyl (C=O) groups excluding carboxylic acids is 2. The van der Waals surface area contributed by atoms with Crippen molar-refractivity contribution in [1.29, 1.82) is 0 Å². The Balaban J connectivity index is 2.70. The summed E-state index contributed by atoms with van der Waals surface area (Å²) in [5.41, 5.74) is 4.64. The highest BCUT2D eigenvalue weighted by molar-refractivity contribution is 5.96. The lowest BCUT2D eigenvalue weighted by Gasteiger charge is -2.07. The van der Waals surface area contributed by atoms with E-state index >= 15 is 0 Å². The van der Waals surface area contributed by atoms with Crippen molar-refractivity contribution in [1.82, 2.24) is 5.32 Å². The first-order chi connectivity index (χ1) is 8.93. The minimum atomic E-state index is -0.661. The number of non-ortho nitro benzene ring substituents is 1. The van der Waals surface area contributed by atoms with E-state index in [4.69, 9.17) is 5.73 Å². The number of nitrogens with one attached hydrogen (secondary N) is 2. The highest BCUT2D eigenvalue weighted by Crippen LogP contribution is 2.27. The molecule has 0 radical (unpaired) electrons. The van der Waals surface area contributed by atoms with E-state index in [9.17, 15) is 24.8 Å². The monoisotopic (exact) mass is 268 g/mol. The molecule has 9 heteroatoms. The fourth-order valence-electron chi connectivity index (χ4n) is 1.18. The van der Waals surface area contributed by atoms with Gasteiger partial charge in [-0.15, -0.1) is 0 Å². The first-order valence-corrected chi connectivity index (χ1v) is 5.18. The summed E-state index contributed by atoms with van der Waals surface area (Å²) in [7, 11) is 0. The summed E-state index contributed by atoms with van der Waals surface area (Å²) in [6.45, 7) is -0.604. The first kappa shape index (κ1) is 14.4. The molecule has 2 amide bonds. The van der Waals surface area contributed by atoms with E-state index in [1.165, 1.54) is 0 Å². The average molecular weight is 268 g/mol. The Labute approximate surface area is 107 Å². The summed E-state index contributed by atoms with van der Waals surface area (Å²) < 4.78 is 0. The van der Waals surface area contributed by atoms with Crippen LogP contribution in [0.5, 0.6) is 5.75 Å². The number of nitro groups is 1. The smallest absolute Gasteiger partial charge is 0.271 e. The molecule has 0 atom stereocenters. The van der Waals surface area contributed by atoms with Crippen LogP contribution in [0.2, 0.25) is 0 Å². The topological polar surface area (TPSA) is 148 Å². The van der Waals surface area contributed by atoms with E-state index < -0.39 is 16.7 Å². The molecule has 19 heavy (non-hydrogen) atoms. The van der Waals surface area contributed by atoms with Crippen molar-refractivity contribution < 1.29 is 19.6 Å². The van der Waals surface area contributed by atoms with Crippen molar-refractivity contribution in [3.8, 4) is 5.75 Å². The maximum absolute atomic E-state index is 11.4. The van der Waals surface area contributed by atoms with Crippen molar-refractivity contribution in [3.05, 3.63) is 28.3 Å². The van der Waals surface area contributed by atoms with Gasteiger partial charge in [-0.2, -0.15) is 0 Å². The van der Waals surface area contributed by atoms with Crippen LogP contribution in [0.25, 0.3) is 0 Å². The molecule has 0 saturated heterocycles. The Kier molecular flexibility index (Phi) is 4.77. The van der Waals surface area contributed by atoms with Crippen molar-refractivity contribution in [2.45, 2.75) is 0 Å². The normalized spacial score (nSPS) is 9.74. The number of rotatable bonds is 5. The van der Waals surface area contributed by atoms with Crippen LogP contribution in [0.3, 0.4) is 0 Å². The molecule has 1 aromatic rings. The number of nitro benzene ring substituents is 1. The first-order valence-electron chi connectivity index (χ1n) is 5.18. The Morgan fingerprint density at radius 1 is 1.37 bits per heavy atom. The van der Waals surface area contributed by atoms with E-state index in [0.29, 0.717) is 0 Å². The number of nitrogens with zero attached hydrogens (tertiary/aromatic N) is 1. The minimum absolute atomic E-state index is 0.110. The lowest BCUT2D eigenvalue weighted by atomic mass is 10.2. The molecule has 0 aromatic heterocycles. The molecule has 1 rings (SSSR count). The summed E-state index contributed by atoms with van der Waals surface area (Å²) >= 11 is 0. The van der Waals surface area contributed by atoms with Crippen LogP contribution in [0.15, 0.2) is 18.2 Å².